The second-order valence-corrected chi connectivity index (χ2v) is 14.7. The number of nitrogens with zero attached hydrogens (tertiary/aromatic N) is 11. The Morgan fingerprint density at radius 3 is 2.14 bits per heavy atom. The second-order valence-electron chi connectivity index (χ2n) is 14.7. The van der Waals surface area contributed by atoms with E-state index < -0.39 is 12.5 Å². The molecule has 0 atom stereocenters. The van der Waals surface area contributed by atoms with Crippen molar-refractivity contribution in [2.75, 3.05) is 107 Å². The van der Waals surface area contributed by atoms with Gasteiger partial charge in [0.1, 0.15) is 30.0 Å². The van der Waals surface area contributed by atoms with Crippen LogP contribution in [-0.2, 0) is 36.9 Å². The van der Waals surface area contributed by atoms with Crippen LogP contribution in [0.25, 0.3) is 33.4 Å². The molecule has 3 amide bonds. The van der Waals surface area contributed by atoms with Crippen molar-refractivity contribution in [3.63, 3.8) is 0 Å². The van der Waals surface area contributed by atoms with Crippen molar-refractivity contribution < 1.29 is 38.1 Å². The molecule has 1 fully saturated rings. The molecule has 24 nitrogen and oxygen atoms in total. The zero-order chi connectivity index (χ0) is 45.4. The third-order valence-corrected chi connectivity index (χ3v) is 10.2. The molecule has 1 aromatic carbocycles. The fraction of sp³-hybridized carbons (Fsp3) is 0.439. The van der Waals surface area contributed by atoms with E-state index in [1.165, 1.54) is 18.7 Å². The van der Waals surface area contributed by atoms with Crippen LogP contribution in [0, 0.1) is 0 Å². The Morgan fingerprint density at radius 2 is 1.43 bits per heavy atom. The molecule has 0 radical (unpaired) electrons. The summed E-state index contributed by atoms with van der Waals surface area (Å²) in [5.74, 6) is 0.580. The number of aliphatic hydroxyl groups is 1. The van der Waals surface area contributed by atoms with Crippen LogP contribution in [0.1, 0.15) is 35.2 Å². The van der Waals surface area contributed by atoms with Gasteiger partial charge < -0.3 is 61.0 Å². The number of nitrogens with two attached hydrogens (primary N) is 2. The van der Waals surface area contributed by atoms with E-state index in [2.05, 4.69) is 50.8 Å². The highest BCUT2D eigenvalue weighted by atomic mass is 16.5. The minimum absolute atomic E-state index is 0.0864. The van der Waals surface area contributed by atoms with Gasteiger partial charge in [-0.1, -0.05) is 0 Å². The predicted molar refractivity (Wildman–Crippen MR) is 236 cm³/mol. The first-order valence-corrected chi connectivity index (χ1v) is 21.2. The zero-order valence-electron chi connectivity index (χ0n) is 35.7. The van der Waals surface area contributed by atoms with Crippen LogP contribution in [0.4, 0.5) is 23.7 Å². The molecule has 1 aliphatic heterocycles. The van der Waals surface area contributed by atoms with Gasteiger partial charge in [-0.3, -0.25) is 14.4 Å². The molecular weight excluding hydrogens is 845 g/mol. The Balaban J connectivity index is 0.678. The molecule has 24 heteroatoms. The van der Waals surface area contributed by atoms with Crippen molar-refractivity contribution >= 4 is 63.6 Å². The van der Waals surface area contributed by atoms with E-state index in [9.17, 15) is 14.4 Å². The van der Waals surface area contributed by atoms with Crippen LogP contribution in [0.2, 0.25) is 0 Å². The van der Waals surface area contributed by atoms with Crippen molar-refractivity contribution in [1.82, 2.24) is 60.6 Å². The summed E-state index contributed by atoms with van der Waals surface area (Å²) in [6.45, 7) is 5.64. The number of benzene rings is 1. The van der Waals surface area contributed by atoms with Gasteiger partial charge in [0, 0.05) is 94.7 Å². The maximum absolute atomic E-state index is 12.6. The molecule has 65 heavy (non-hydrogen) atoms. The maximum Gasteiger partial charge on any atom is 0.292 e. The lowest BCUT2D eigenvalue weighted by molar-refractivity contribution is -0.124. The lowest BCUT2D eigenvalue weighted by Crippen LogP contribution is -2.47. The monoisotopic (exact) mass is 896 g/mol. The highest BCUT2D eigenvalue weighted by Gasteiger charge is 2.22. The number of rotatable bonds is 24. The minimum atomic E-state index is -0.567. The molecule has 1 aliphatic rings. The Labute approximate surface area is 372 Å². The average Bonchev–Trinajstić information content (AvgIpc) is 3.90. The number of fused-ring (bicyclic) bond motifs is 2. The molecule has 1 saturated heterocycles. The first kappa shape index (κ1) is 45.9. The highest BCUT2D eigenvalue weighted by Crippen LogP contribution is 2.32. The number of aryl methyl sites for hydroxylation is 1. The summed E-state index contributed by atoms with van der Waals surface area (Å²) < 4.78 is 23.8. The number of oxazole rings is 1. The molecule has 0 bridgehead atoms. The number of ether oxygens (including phenoxy) is 3. The predicted octanol–water partition coefficient (Wildman–Crippen LogP) is 0.0803. The van der Waals surface area contributed by atoms with E-state index >= 15 is 0 Å². The Bertz CT molecular complexity index is 2490. The van der Waals surface area contributed by atoms with Crippen LogP contribution in [-0.4, -0.2) is 153 Å². The van der Waals surface area contributed by atoms with E-state index in [-0.39, 0.29) is 37.4 Å². The van der Waals surface area contributed by atoms with Gasteiger partial charge >= 0.3 is 0 Å². The maximum atomic E-state index is 12.6. The number of hydrogen-bond acceptors (Lipinski definition) is 20. The van der Waals surface area contributed by atoms with Gasteiger partial charge in [0.2, 0.25) is 23.7 Å². The van der Waals surface area contributed by atoms with Crippen LogP contribution < -0.4 is 37.2 Å². The highest BCUT2D eigenvalue weighted by molar-refractivity contribution is 5.99. The zero-order valence-corrected chi connectivity index (χ0v) is 35.7. The van der Waals surface area contributed by atoms with Crippen molar-refractivity contribution in [2.24, 2.45) is 0 Å². The number of unbranched alkanes of at least 4 members (excludes halogenated alkanes) is 1. The van der Waals surface area contributed by atoms with Crippen LogP contribution in [0.5, 0.6) is 0 Å². The SMILES string of the molecule is Nc1nc2cc(-c3nn(CCCCNC(=O)CCOCCOCCOCCNC(=O)c4cnc(N5CCN(c6ncc(CNC(=O)CO)cn6)CC5)nc4)c4ncnc(N)c34)ccc2o1. The average molecular weight is 897 g/mol. The first-order chi connectivity index (χ1) is 31.7. The molecule has 344 valence electrons. The summed E-state index contributed by atoms with van der Waals surface area (Å²) in [4.78, 5) is 70.6. The standard InChI is InChI=1S/C41H52N16O8/c42-36-34-35(28-3-4-31-30(19-28)53-39(43)65-31)54-57(37(34)52-26-51-36)8-2-1-6-44-32(59)5-13-62-15-17-64-18-16-63-14-7-45-38(61)29-23-49-41(50-24-29)56-11-9-55(10-12-56)40-47-21-27(22-48-40)20-46-33(60)25-58/h3-4,19,21-24,26,58H,1-2,5-18,20,25H2,(H2,43,53)(H,44,59)(H,45,61)(H,46,60)(H2,42,51,52). The van der Waals surface area contributed by atoms with E-state index in [1.54, 1.807) is 23.1 Å². The summed E-state index contributed by atoms with van der Waals surface area (Å²) in [5.41, 5.74) is 16.2. The third kappa shape index (κ3) is 12.7. The molecule has 7 rings (SSSR count). The lowest BCUT2D eigenvalue weighted by Gasteiger charge is -2.34. The number of hydrogen-bond donors (Lipinski definition) is 6. The van der Waals surface area contributed by atoms with Gasteiger partial charge in [-0.2, -0.15) is 10.1 Å². The van der Waals surface area contributed by atoms with Gasteiger partial charge in [0.15, 0.2) is 11.2 Å². The van der Waals surface area contributed by atoms with E-state index in [1.807, 2.05) is 21.9 Å². The van der Waals surface area contributed by atoms with Crippen LogP contribution in [0.3, 0.4) is 0 Å². The molecule has 5 aromatic heterocycles. The van der Waals surface area contributed by atoms with Crippen molar-refractivity contribution in [3.8, 4) is 11.3 Å². The largest absolute Gasteiger partial charge is 0.424 e. The number of anilines is 4. The second kappa shape index (κ2) is 23.0. The summed E-state index contributed by atoms with van der Waals surface area (Å²) >= 11 is 0. The van der Waals surface area contributed by atoms with Gasteiger partial charge in [0.05, 0.1) is 50.6 Å². The molecule has 6 aromatic rings. The lowest BCUT2D eigenvalue weighted by atomic mass is 10.1. The first-order valence-electron chi connectivity index (χ1n) is 21.2. The smallest absolute Gasteiger partial charge is 0.292 e. The summed E-state index contributed by atoms with van der Waals surface area (Å²) in [6, 6.07) is 5.57. The van der Waals surface area contributed by atoms with Gasteiger partial charge in [-0.25, -0.2) is 34.6 Å². The van der Waals surface area contributed by atoms with Gasteiger partial charge in [0.25, 0.3) is 11.9 Å². The van der Waals surface area contributed by atoms with Crippen LogP contribution in [0.15, 0.2) is 53.7 Å². The van der Waals surface area contributed by atoms with E-state index in [4.69, 9.17) is 40.3 Å². The van der Waals surface area contributed by atoms with Crippen molar-refractivity contribution in [1.29, 1.82) is 0 Å². The van der Waals surface area contributed by atoms with Crippen molar-refractivity contribution in [2.45, 2.75) is 32.4 Å². The number of carbonyl (C=O) groups excluding carboxylic acids is 3. The van der Waals surface area contributed by atoms with Crippen LogP contribution >= 0.6 is 0 Å². The quantitative estimate of drug-likeness (QED) is 0.0438. The molecule has 8 N–H and O–H groups in total. The molecule has 6 heterocycles. The summed E-state index contributed by atoms with van der Waals surface area (Å²) in [5, 5.41) is 22.6. The minimum Gasteiger partial charge on any atom is -0.424 e. The molecule has 0 saturated carbocycles. The van der Waals surface area contributed by atoms with E-state index in [0.29, 0.717) is 130 Å². The fourth-order valence-electron chi connectivity index (χ4n) is 6.80. The third-order valence-electron chi connectivity index (χ3n) is 10.2. The summed E-state index contributed by atoms with van der Waals surface area (Å²) in [6.07, 6.45) is 9.43. The number of piperazine rings is 1. The van der Waals surface area contributed by atoms with Gasteiger partial charge in [-0.05, 0) is 31.0 Å². The Hall–Kier alpha value is -7.15. The number of carbonyl (C=O) groups is 3. The topological polar surface area (TPSA) is 315 Å². The molecule has 0 unspecified atom stereocenters. The number of aromatic nitrogens is 9. The Kier molecular flexibility index (Phi) is 16.2. The van der Waals surface area contributed by atoms with E-state index in [0.717, 1.165) is 24.0 Å². The summed E-state index contributed by atoms with van der Waals surface area (Å²) in [7, 11) is 0. The number of amides is 3. The number of nitrogen functional groups attached to an aromatic ring is 2. The van der Waals surface area contributed by atoms with Gasteiger partial charge in [-0.15, -0.1) is 0 Å². The van der Waals surface area contributed by atoms with Crippen molar-refractivity contribution in [3.05, 3.63) is 60.4 Å². The molecule has 0 aliphatic carbocycles. The normalized spacial score (nSPS) is 12.8. The Morgan fingerprint density at radius 1 is 0.754 bits per heavy atom. The number of nitrogens with one attached hydrogen (secondary N) is 3. The fourth-order valence-corrected chi connectivity index (χ4v) is 6.80. The molecular formula is C41H52N16O8. The molecule has 0 spiro atoms. The number of aliphatic hydroxyl groups excluding tert-OH is 1.